The number of nitro groups is 1. The number of anilines is 3. The maximum absolute atomic E-state index is 12.9. The molecule has 0 amide bonds. The summed E-state index contributed by atoms with van der Waals surface area (Å²) in [5.74, 6) is 0. The van der Waals surface area contributed by atoms with Crippen molar-refractivity contribution >= 4 is 61.4 Å². The summed E-state index contributed by atoms with van der Waals surface area (Å²) in [6.07, 6.45) is 1.55. The molecule has 0 unspecified atom stereocenters. The van der Waals surface area contributed by atoms with E-state index in [9.17, 15) is 18.5 Å². The molecule has 0 aliphatic carbocycles. The fourth-order valence-corrected chi connectivity index (χ4v) is 6.22. The molecule has 1 saturated heterocycles. The molecule has 0 saturated carbocycles. The molecule has 2 N–H and O–H groups in total. The maximum atomic E-state index is 12.9. The minimum atomic E-state index is -4.11. The molecule has 3 aromatic carbocycles. The number of nitrogens with one attached hydrogen (secondary N) is 2. The van der Waals surface area contributed by atoms with Gasteiger partial charge >= 0.3 is 0 Å². The molecule has 5 rings (SSSR count). The molecule has 2 heterocycles. The highest BCUT2D eigenvalue weighted by molar-refractivity contribution is 7.92. The average molecular weight is 599 g/mol. The molecule has 0 spiro atoms. The largest absolute Gasteiger partial charge is 0.378 e. The monoisotopic (exact) mass is 598 g/mol. The van der Waals surface area contributed by atoms with Gasteiger partial charge in [-0.2, -0.15) is 5.10 Å². The molecule has 1 aliphatic rings. The number of aromatic nitrogens is 1. The van der Waals surface area contributed by atoms with Gasteiger partial charge in [-0.1, -0.05) is 59.3 Å². The van der Waals surface area contributed by atoms with Crippen molar-refractivity contribution in [3.8, 4) is 11.3 Å². The zero-order valence-corrected chi connectivity index (χ0v) is 23.2. The minimum Gasteiger partial charge on any atom is -0.378 e. The number of thiazole rings is 1. The van der Waals surface area contributed by atoms with Crippen LogP contribution in [0.1, 0.15) is 4.88 Å². The van der Waals surface area contributed by atoms with Gasteiger partial charge in [-0.25, -0.2) is 13.4 Å². The molecule has 1 aliphatic heterocycles. The fraction of sp³-hybridized carbons (Fsp3) is 0.154. The Kier molecular flexibility index (Phi) is 8.26. The van der Waals surface area contributed by atoms with Crippen LogP contribution in [0.5, 0.6) is 0 Å². The van der Waals surface area contributed by atoms with Gasteiger partial charge in [-0.3, -0.25) is 20.3 Å². The number of halogens is 1. The summed E-state index contributed by atoms with van der Waals surface area (Å²) in [6, 6.07) is 19.3. The normalized spacial score (nSPS) is 13.9. The van der Waals surface area contributed by atoms with Crippen molar-refractivity contribution in [2.24, 2.45) is 5.10 Å². The van der Waals surface area contributed by atoms with Gasteiger partial charge in [0.2, 0.25) is 0 Å². The van der Waals surface area contributed by atoms with Crippen LogP contribution in [0.4, 0.5) is 22.2 Å². The Morgan fingerprint density at radius 2 is 1.85 bits per heavy atom. The smallest absolute Gasteiger partial charge is 0.295 e. The van der Waals surface area contributed by atoms with Gasteiger partial charge in [-0.15, -0.1) is 0 Å². The van der Waals surface area contributed by atoms with Crippen LogP contribution in [0.25, 0.3) is 11.3 Å². The summed E-state index contributed by atoms with van der Waals surface area (Å²) in [6.45, 7) is 2.69. The molecule has 4 aromatic rings. The first-order valence-electron chi connectivity index (χ1n) is 12.0. The molecule has 1 fully saturated rings. The number of nitro benzene ring substituents is 1. The first-order chi connectivity index (χ1) is 19.3. The van der Waals surface area contributed by atoms with Gasteiger partial charge in [-0.05, 0) is 30.3 Å². The number of nitrogens with zero attached hydrogens (tertiary/aromatic N) is 4. The van der Waals surface area contributed by atoms with Crippen LogP contribution in [-0.4, -0.2) is 50.8 Å². The lowest BCUT2D eigenvalue weighted by Crippen LogP contribution is -2.36. The Labute approximate surface area is 239 Å². The SMILES string of the molecule is O=[N+]([O-])c1cc(S(=O)(=O)Nc2cccc(Cl)c2)ccc1N/N=C\c1sc(N2CCOCC2)nc1-c1ccccc1. The van der Waals surface area contributed by atoms with Crippen molar-refractivity contribution in [3.05, 3.63) is 92.8 Å². The zero-order valence-electron chi connectivity index (χ0n) is 20.9. The molecular formula is C26H23ClN6O5S2. The number of rotatable bonds is 9. The highest BCUT2D eigenvalue weighted by atomic mass is 35.5. The van der Waals surface area contributed by atoms with Gasteiger partial charge < -0.3 is 9.64 Å². The zero-order chi connectivity index (χ0) is 28.1. The van der Waals surface area contributed by atoms with Gasteiger partial charge in [0.05, 0.1) is 45.5 Å². The molecule has 206 valence electrons. The second-order valence-corrected chi connectivity index (χ2v) is 11.7. The summed E-state index contributed by atoms with van der Waals surface area (Å²) >= 11 is 7.38. The van der Waals surface area contributed by atoms with Crippen molar-refractivity contribution < 1.29 is 18.1 Å². The van der Waals surface area contributed by atoms with E-state index in [2.05, 4.69) is 20.1 Å². The lowest BCUT2D eigenvalue weighted by atomic mass is 10.1. The number of benzene rings is 3. The maximum Gasteiger partial charge on any atom is 0.295 e. The van der Waals surface area contributed by atoms with E-state index >= 15 is 0 Å². The molecule has 14 heteroatoms. The molecule has 40 heavy (non-hydrogen) atoms. The second-order valence-electron chi connectivity index (χ2n) is 8.60. The van der Waals surface area contributed by atoms with Crippen LogP contribution >= 0.6 is 22.9 Å². The van der Waals surface area contributed by atoms with Crippen LogP contribution in [-0.2, 0) is 14.8 Å². The van der Waals surface area contributed by atoms with E-state index in [1.807, 2.05) is 30.3 Å². The number of hydrogen-bond acceptors (Lipinski definition) is 10. The average Bonchev–Trinajstić information content (AvgIpc) is 3.38. The summed E-state index contributed by atoms with van der Waals surface area (Å²) in [4.78, 5) is 18.6. The molecule has 11 nitrogen and oxygen atoms in total. The number of morpholine rings is 1. The van der Waals surface area contributed by atoms with Gasteiger partial charge in [0.25, 0.3) is 15.7 Å². The quantitative estimate of drug-likeness (QED) is 0.147. The first kappa shape index (κ1) is 27.5. The van der Waals surface area contributed by atoms with Crippen LogP contribution < -0.4 is 15.0 Å². The molecule has 0 bridgehead atoms. The summed E-state index contributed by atoms with van der Waals surface area (Å²) in [5.41, 5.74) is 4.15. The van der Waals surface area contributed by atoms with Gasteiger partial charge in [0.1, 0.15) is 5.69 Å². The van der Waals surface area contributed by atoms with Crippen molar-refractivity contribution in [1.29, 1.82) is 0 Å². The van der Waals surface area contributed by atoms with Crippen LogP contribution in [0.15, 0.2) is 82.8 Å². The predicted molar refractivity (Wildman–Crippen MR) is 157 cm³/mol. The Morgan fingerprint density at radius 3 is 2.58 bits per heavy atom. The van der Waals surface area contributed by atoms with E-state index in [1.165, 1.54) is 35.6 Å². The second kappa shape index (κ2) is 12.0. The van der Waals surface area contributed by atoms with Crippen molar-refractivity contribution in [2.45, 2.75) is 4.90 Å². The molecular weight excluding hydrogens is 576 g/mol. The standard InChI is InChI=1S/C26H23ClN6O5S2/c27-19-7-4-8-20(15-19)31-40(36,37)21-9-10-22(23(16-21)33(34)35)30-28-17-24-25(18-5-2-1-3-6-18)29-26(39-24)32-11-13-38-14-12-32/h1-10,15-17,30-31H,11-14H2/b28-17-. The van der Waals surface area contributed by atoms with Crippen LogP contribution in [0.3, 0.4) is 0 Å². The summed E-state index contributed by atoms with van der Waals surface area (Å²) in [5, 5.41) is 17.2. The Morgan fingerprint density at radius 1 is 1.07 bits per heavy atom. The topological polar surface area (TPSA) is 139 Å². The third kappa shape index (κ3) is 6.39. The third-order valence-corrected chi connectivity index (χ3v) is 8.56. The van der Waals surface area contributed by atoms with Crippen molar-refractivity contribution in [2.75, 3.05) is 41.4 Å². The van der Waals surface area contributed by atoms with E-state index in [4.69, 9.17) is 21.3 Å². The number of hydrogen-bond donors (Lipinski definition) is 2. The lowest BCUT2D eigenvalue weighted by molar-refractivity contribution is -0.384. The van der Waals surface area contributed by atoms with E-state index < -0.39 is 20.6 Å². The molecule has 0 radical (unpaired) electrons. The van der Waals surface area contributed by atoms with Crippen molar-refractivity contribution in [3.63, 3.8) is 0 Å². The Hall–Kier alpha value is -4.04. The Bertz CT molecular complexity index is 1660. The lowest BCUT2D eigenvalue weighted by Gasteiger charge is -2.26. The minimum absolute atomic E-state index is 0.0298. The summed E-state index contributed by atoms with van der Waals surface area (Å²) in [7, 11) is -4.11. The first-order valence-corrected chi connectivity index (χ1v) is 14.7. The van der Waals surface area contributed by atoms with E-state index in [-0.39, 0.29) is 16.3 Å². The number of sulfonamides is 1. The van der Waals surface area contributed by atoms with Crippen LogP contribution in [0.2, 0.25) is 5.02 Å². The fourth-order valence-electron chi connectivity index (χ4n) is 3.95. The highest BCUT2D eigenvalue weighted by Gasteiger charge is 2.22. The highest BCUT2D eigenvalue weighted by Crippen LogP contribution is 2.33. The van der Waals surface area contributed by atoms with Crippen LogP contribution in [0, 0.1) is 10.1 Å². The number of ether oxygens (including phenoxy) is 1. The predicted octanol–water partition coefficient (Wildman–Crippen LogP) is 5.46. The summed E-state index contributed by atoms with van der Waals surface area (Å²) < 4.78 is 33.5. The Balaban J connectivity index is 1.40. The van der Waals surface area contributed by atoms with E-state index in [0.717, 1.165) is 40.4 Å². The van der Waals surface area contributed by atoms with E-state index in [0.29, 0.717) is 18.2 Å². The molecule has 0 atom stereocenters. The van der Waals surface area contributed by atoms with Gasteiger partial charge in [0, 0.05) is 29.7 Å². The molecule has 1 aromatic heterocycles. The van der Waals surface area contributed by atoms with Gasteiger partial charge in [0.15, 0.2) is 5.13 Å². The number of hydrazone groups is 1. The van der Waals surface area contributed by atoms with E-state index in [1.54, 1.807) is 18.3 Å². The van der Waals surface area contributed by atoms with Crippen molar-refractivity contribution in [1.82, 2.24) is 4.98 Å². The third-order valence-electron chi connectivity index (χ3n) is 5.89.